The fourth-order valence-corrected chi connectivity index (χ4v) is 0.405. The first kappa shape index (κ1) is 13.2. The van der Waals surface area contributed by atoms with Crippen LogP contribution in [0, 0.1) is 17.2 Å². The molecule has 0 aliphatic carbocycles. The molecule has 0 amide bonds. The Bertz CT molecular complexity index is 141. The van der Waals surface area contributed by atoms with Crippen LogP contribution < -0.4 is 0 Å². The fourth-order valence-electron chi connectivity index (χ4n) is 0.405. The Morgan fingerprint density at radius 3 is 2.60 bits per heavy atom. The van der Waals surface area contributed by atoms with Gasteiger partial charge in [0.2, 0.25) is 0 Å². The maximum absolute atomic E-state index is 9.91. The van der Waals surface area contributed by atoms with Crippen molar-refractivity contribution < 1.29 is 9.90 Å². The van der Waals surface area contributed by atoms with Gasteiger partial charge in [-0.05, 0) is 13.3 Å². The van der Waals surface area contributed by atoms with E-state index in [1.165, 1.54) is 0 Å². The van der Waals surface area contributed by atoms with Gasteiger partial charge in [-0.25, -0.2) is 0 Å². The van der Waals surface area contributed by atoms with Crippen molar-refractivity contribution in [2.45, 2.75) is 19.8 Å². The van der Waals surface area contributed by atoms with Crippen LogP contribution in [0.3, 0.4) is 0 Å². The minimum absolute atomic E-state index is 0. The quantitative estimate of drug-likeness (QED) is 0.617. The van der Waals surface area contributed by atoms with Crippen LogP contribution in [-0.2, 0) is 4.79 Å². The maximum atomic E-state index is 9.91. The summed E-state index contributed by atoms with van der Waals surface area (Å²) < 4.78 is 0. The molecule has 0 saturated heterocycles. The molecule has 0 saturated carbocycles. The molecule has 0 aliphatic heterocycles. The third-order valence-corrected chi connectivity index (χ3v) is 1.01. The molecule has 0 aliphatic rings. The third kappa shape index (κ3) is 8.60. The van der Waals surface area contributed by atoms with Crippen LogP contribution in [0.5, 0.6) is 0 Å². The van der Waals surface area contributed by atoms with E-state index in [2.05, 4.69) is 0 Å². The summed E-state index contributed by atoms with van der Waals surface area (Å²) >= 11 is 0. The second-order valence-electron chi connectivity index (χ2n) is 1.96. The van der Waals surface area contributed by atoms with E-state index in [-0.39, 0.29) is 63.7 Å². The molecular formula is C6H10KNO2. The molecule has 10 heavy (non-hydrogen) atoms. The number of nitriles is 1. The topological polar surface area (TPSA) is 61.1 Å². The molecular weight excluding hydrogens is 157 g/mol. The third-order valence-electron chi connectivity index (χ3n) is 1.01. The van der Waals surface area contributed by atoms with Gasteiger partial charge in [-0.2, -0.15) is 5.26 Å². The number of carboxylic acids is 1. The van der Waals surface area contributed by atoms with E-state index >= 15 is 0 Å². The van der Waals surface area contributed by atoms with Crippen molar-refractivity contribution in [3.05, 3.63) is 0 Å². The average molecular weight is 167 g/mol. The van der Waals surface area contributed by atoms with Crippen molar-refractivity contribution in [1.82, 2.24) is 0 Å². The van der Waals surface area contributed by atoms with Crippen molar-refractivity contribution >= 4 is 57.4 Å². The Kier molecular flexibility index (Phi) is 10.2. The summed E-state index contributed by atoms with van der Waals surface area (Å²) in [4.78, 5) is 9.91. The minimum atomic E-state index is -0.836. The zero-order valence-corrected chi connectivity index (χ0v) is 5.29. The molecule has 0 aromatic carbocycles. The predicted octanol–water partition coefficient (Wildman–Crippen LogP) is 0.362. The van der Waals surface area contributed by atoms with Gasteiger partial charge >= 0.3 is 57.4 Å². The van der Waals surface area contributed by atoms with Gasteiger partial charge in [0.15, 0.2) is 0 Å². The van der Waals surface area contributed by atoms with Crippen molar-refractivity contribution in [2.75, 3.05) is 0 Å². The Hall–Kier alpha value is 0.596. The number of hydrogen-bond acceptors (Lipinski definition) is 2. The van der Waals surface area contributed by atoms with Gasteiger partial charge in [0.05, 0.1) is 6.07 Å². The van der Waals surface area contributed by atoms with E-state index in [1.807, 2.05) is 6.07 Å². The van der Waals surface area contributed by atoms with Gasteiger partial charge in [-0.3, -0.25) is 4.79 Å². The van der Waals surface area contributed by atoms with Crippen molar-refractivity contribution in [2.24, 2.45) is 5.92 Å². The molecule has 0 heterocycles. The summed E-state index contributed by atoms with van der Waals surface area (Å²) in [6.45, 7) is 1.71. The Labute approximate surface area is 103 Å². The number of nitrogens with zero attached hydrogens (tertiary/aromatic N) is 1. The zero-order valence-electron chi connectivity index (χ0n) is 5.29. The second kappa shape index (κ2) is 7.70. The van der Waals surface area contributed by atoms with Gasteiger partial charge in [0.25, 0.3) is 0 Å². The van der Waals surface area contributed by atoms with Gasteiger partial charge in [0.1, 0.15) is 0 Å². The van der Waals surface area contributed by atoms with Crippen LogP contribution in [0.25, 0.3) is 0 Å². The molecule has 0 bridgehead atoms. The Balaban J connectivity index is 0. The zero-order chi connectivity index (χ0) is 7.28. The van der Waals surface area contributed by atoms with Gasteiger partial charge in [-0.15, -0.1) is 0 Å². The number of rotatable bonds is 3. The molecule has 3 nitrogen and oxygen atoms in total. The predicted molar refractivity (Wildman–Crippen MR) is 38.8 cm³/mol. The van der Waals surface area contributed by atoms with Crippen LogP contribution in [0.4, 0.5) is 0 Å². The molecule has 1 atom stereocenters. The molecule has 1 unspecified atom stereocenters. The molecule has 0 spiro atoms. The van der Waals surface area contributed by atoms with Crippen molar-refractivity contribution in [3.63, 3.8) is 0 Å². The van der Waals surface area contributed by atoms with Crippen LogP contribution in [0.2, 0.25) is 0 Å². The van der Waals surface area contributed by atoms with Crippen LogP contribution in [0.15, 0.2) is 0 Å². The number of carbonyl (C=O) groups is 1. The van der Waals surface area contributed by atoms with Crippen LogP contribution in [-0.4, -0.2) is 62.5 Å². The summed E-state index contributed by atoms with van der Waals surface area (Å²) in [7, 11) is 0. The normalized spacial score (nSPS) is 10.8. The molecule has 0 aromatic rings. The molecule has 1 N–H and O–H groups in total. The molecule has 0 radical (unpaired) electrons. The fraction of sp³-hybridized carbons (Fsp3) is 0.667. The molecule has 0 fully saturated rings. The average Bonchev–Trinajstić information content (AvgIpc) is 1.83. The summed E-state index contributed by atoms with van der Waals surface area (Å²) in [6, 6.07) is 1.96. The number of aliphatic carboxylic acids is 1. The number of carboxylic acid groups (broad SMARTS) is 1. The Morgan fingerprint density at radius 1 is 1.80 bits per heavy atom. The van der Waals surface area contributed by atoms with Crippen LogP contribution >= 0.6 is 0 Å². The van der Waals surface area contributed by atoms with Gasteiger partial charge < -0.3 is 5.11 Å². The monoisotopic (exact) mass is 167 g/mol. The SMILES string of the molecule is CC(C#N)CCC(=O)O.[KH]. The first-order valence-electron chi connectivity index (χ1n) is 2.78. The molecule has 52 valence electrons. The number of hydrogen-bond donors (Lipinski definition) is 1. The molecule has 4 heteroatoms. The second-order valence-corrected chi connectivity index (χ2v) is 1.96. The van der Waals surface area contributed by atoms with E-state index in [0.717, 1.165) is 0 Å². The van der Waals surface area contributed by atoms with Crippen molar-refractivity contribution in [1.29, 1.82) is 5.26 Å². The Morgan fingerprint density at radius 2 is 2.30 bits per heavy atom. The van der Waals surface area contributed by atoms with E-state index in [1.54, 1.807) is 6.92 Å². The van der Waals surface area contributed by atoms with E-state index in [9.17, 15) is 4.79 Å². The molecule has 0 rings (SSSR count). The van der Waals surface area contributed by atoms with E-state index in [4.69, 9.17) is 10.4 Å². The molecule has 0 aromatic heterocycles. The van der Waals surface area contributed by atoms with E-state index in [0.29, 0.717) is 6.42 Å². The first-order valence-corrected chi connectivity index (χ1v) is 2.78. The summed E-state index contributed by atoms with van der Waals surface area (Å²) in [5.74, 6) is -0.974. The van der Waals surface area contributed by atoms with Gasteiger partial charge in [-0.1, -0.05) is 0 Å². The van der Waals surface area contributed by atoms with Gasteiger partial charge in [0, 0.05) is 12.3 Å². The summed E-state index contributed by atoms with van der Waals surface area (Å²) in [5, 5.41) is 16.4. The summed E-state index contributed by atoms with van der Waals surface area (Å²) in [5.41, 5.74) is 0. The first-order chi connectivity index (χ1) is 4.16. The summed E-state index contributed by atoms with van der Waals surface area (Å²) in [6.07, 6.45) is 0.542. The van der Waals surface area contributed by atoms with Crippen molar-refractivity contribution in [3.8, 4) is 6.07 Å². The van der Waals surface area contributed by atoms with E-state index < -0.39 is 5.97 Å². The van der Waals surface area contributed by atoms with Crippen LogP contribution in [0.1, 0.15) is 19.8 Å². The standard InChI is InChI=1S/C6H9NO2.K.H/c1-5(4-7)2-3-6(8)9;;/h5H,2-3H2,1H3,(H,8,9);;.